The lowest BCUT2D eigenvalue weighted by Gasteiger charge is -2.20. The van der Waals surface area contributed by atoms with E-state index in [1.807, 2.05) is 0 Å². The molecule has 2 aromatic rings. The highest BCUT2D eigenvalue weighted by Gasteiger charge is 2.47. The molecule has 176 valence electrons. The number of hydrogen-bond donors (Lipinski definition) is 0. The summed E-state index contributed by atoms with van der Waals surface area (Å²) in [7, 11) is -7.60. The first-order valence-corrected chi connectivity index (χ1v) is 12.3. The minimum Gasteiger partial charge on any atom is -0.494 e. The molecule has 0 radical (unpaired) electrons. The van der Waals surface area contributed by atoms with E-state index in [0.717, 1.165) is 12.3 Å². The lowest BCUT2D eigenvalue weighted by molar-refractivity contribution is -0.384. The molecule has 0 saturated heterocycles. The van der Waals surface area contributed by atoms with Gasteiger partial charge < -0.3 is 9.64 Å². The van der Waals surface area contributed by atoms with Crippen molar-refractivity contribution in [3.8, 4) is 5.75 Å². The van der Waals surface area contributed by atoms with E-state index in [4.69, 9.17) is 4.74 Å². The SMILES string of the molecule is CN(CCCOc1ccc(S(C)(=O)=O)cc1)c1ccc(S(=O)(=O)C(F)(F)F)cc1[N+](=O)[O-]. The largest absolute Gasteiger partial charge is 0.501 e. The monoisotopic (exact) mass is 496 g/mol. The van der Waals surface area contributed by atoms with Crippen LogP contribution in [-0.4, -0.2) is 53.7 Å². The van der Waals surface area contributed by atoms with Crippen molar-refractivity contribution in [1.29, 1.82) is 0 Å². The second-order valence-corrected chi connectivity index (χ2v) is 10.7. The topological polar surface area (TPSA) is 124 Å². The average molecular weight is 496 g/mol. The Morgan fingerprint density at radius 3 is 2.09 bits per heavy atom. The van der Waals surface area contributed by atoms with Crippen LogP contribution in [-0.2, 0) is 19.7 Å². The van der Waals surface area contributed by atoms with Gasteiger partial charge in [0.2, 0.25) is 0 Å². The highest BCUT2D eigenvalue weighted by Crippen LogP contribution is 2.35. The fourth-order valence-corrected chi connectivity index (χ4v) is 4.08. The van der Waals surface area contributed by atoms with Crippen molar-refractivity contribution in [3.05, 3.63) is 52.6 Å². The predicted octanol–water partition coefficient (Wildman–Crippen LogP) is 3.20. The van der Waals surface area contributed by atoms with Crippen LogP contribution in [0.25, 0.3) is 0 Å². The van der Waals surface area contributed by atoms with Gasteiger partial charge in [0.25, 0.3) is 15.5 Å². The maximum absolute atomic E-state index is 12.7. The van der Waals surface area contributed by atoms with Crippen molar-refractivity contribution in [2.75, 3.05) is 31.4 Å². The number of rotatable bonds is 9. The van der Waals surface area contributed by atoms with E-state index in [2.05, 4.69) is 0 Å². The number of ether oxygens (including phenoxy) is 1. The maximum Gasteiger partial charge on any atom is 0.501 e. The Kier molecular flexibility index (Phi) is 7.40. The number of anilines is 1. The van der Waals surface area contributed by atoms with Gasteiger partial charge in [-0.1, -0.05) is 0 Å². The van der Waals surface area contributed by atoms with E-state index < -0.39 is 40.7 Å². The van der Waals surface area contributed by atoms with Crippen LogP contribution in [0.15, 0.2) is 52.3 Å². The Labute approximate surface area is 182 Å². The van der Waals surface area contributed by atoms with Gasteiger partial charge in [-0.2, -0.15) is 13.2 Å². The number of benzene rings is 2. The van der Waals surface area contributed by atoms with Gasteiger partial charge in [-0.25, -0.2) is 16.8 Å². The van der Waals surface area contributed by atoms with E-state index in [1.54, 1.807) is 0 Å². The van der Waals surface area contributed by atoms with Crippen LogP contribution in [0.1, 0.15) is 6.42 Å². The molecule has 0 aliphatic rings. The standard InChI is InChI=1S/C18H19F3N2O7S2/c1-22(10-3-11-30-13-4-6-14(7-5-13)31(2,26)27)16-9-8-15(12-17(16)23(24)25)32(28,29)18(19,20)21/h4-9,12H,3,10-11H2,1-2H3. The Morgan fingerprint density at radius 2 is 1.59 bits per heavy atom. The number of hydrogen-bond acceptors (Lipinski definition) is 8. The van der Waals surface area contributed by atoms with Gasteiger partial charge in [0.1, 0.15) is 11.4 Å². The fraction of sp³-hybridized carbons (Fsp3) is 0.333. The second-order valence-electron chi connectivity index (χ2n) is 6.72. The van der Waals surface area contributed by atoms with Crippen molar-refractivity contribution in [1.82, 2.24) is 0 Å². The summed E-state index contributed by atoms with van der Waals surface area (Å²) in [5, 5.41) is 11.3. The molecule has 0 amide bonds. The highest BCUT2D eigenvalue weighted by atomic mass is 32.2. The summed E-state index contributed by atoms with van der Waals surface area (Å²) in [5.41, 5.74) is -6.42. The zero-order valence-electron chi connectivity index (χ0n) is 16.9. The summed E-state index contributed by atoms with van der Waals surface area (Å²) < 4.78 is 89.6. The first kappa shape index (κ1) is 25.4. The van der Waals surface area contributed by atoms with Crippen molar-refractivity contribution < 1.29 is 39.7 Å². The van der Waals surface area contributed by atoms with Crippen molar-refractivity contribution in [2.45, 2.75) is 21.7 Å². The molecule has 0 saturated carbocycles. The summed E-state index contributed by atoms with van der Waals surface area (Å²) in [4.78, 5) is 10.7. The van der Waals surface area contributed by atoms with Crippen molar-refractivity contribution in [2.24, 2.45) is 0 Å². The first-order valence-electron chi connectivity index (χ1n) is 8.88. The normalized spacial score (nSPS) is 12.4. The quantitative estimate of drug-likeness (QED) is 0.295. The van der Waals surface area contributed by atoms with Crippen LogP contribution in [0.2, 0.25) is 0 Å². The molecule has 32 heavy (non-hydrogen) atoms. The molecule has 2 aromatic carbocycles. The summed E-state index contributed by atoms with van der Waals surface area (Å²) >= 11 is 0. The van der Waals surface area contributed by atoms with Crippen LogP contribution < -0.4 is 9.64 Å². The van der Waals surface area contributed by atoms with E-state index in [-0.39, 0.29) is 23.7 Å². The highest BCUT2D eigenvalue weighted by molar-refractivity contribution is 7.92. The van der Waals surface area contributed by atoms with Gasteiger partial charge >= 0.3 is 5.51 Å². The maximum atomic E-state index is 12.7. The zero-order chi connectivity index (χ0) is 24.3. The summed E-state index contributed by atoms with van der Waals surface area (Å²) in [6, 6.07) is 7.72. The van der Waals surface area contributed by atoms with Gasteiger partial charge in [0.15, 0.2) is 9.84 Å². The first-order chi connectivity index (χ1) is 14.6. The number of halogens is 3. The minimum absolute atomic E-state index is 0.0615. The second kappa shape index (κ2) is 9.32. The minimum atomic E-state index is -5.72. The van der Waals surface area contributed by atoms with Crippen molar-refractivity contribution >= 4 is 31.0 Å². The molecule has 14 heteroatoms. The smallest absolute Gasteiger partial charge is 0.494 e. The van der Waals surface area contributed by atoms with Gasteiger partial charge in [-0.3, -0.25) is 10.1 Å². The number of alkyl halides is 3. The summed E-state index contributed by atoms with van der Waals surface area (Å²) in [5.74, 6) is 0.410. The van der Waals surface area contributed by atoms with Gasteiger partial charge in [0, 0.05) is 25.9 Å². The van der Waals surface area contributed by atoms with Crippen molar-refractivity contribution in [3.63, 3.8) is 0 Å². The molecule has 2 rings (SSSR count). The third-order valence-electron chi connectivity index (χ3n) is 4.33. The Hall–Kier alpha value is -2.87. The van der Waals surface area contributed by atoms with Crippen LogP contribution in [0.3, 0.4) is 0 Å². The molecule has 0 aliphatic heterocycles. The van der Waals surface area contributed by atoms with Gasteiger partial charge in [0.05, 0.1) is 21.3 Å². The molecular weight excluding hydrogens is 477 g/mol. The number of nitrogens with zero attached hydrogens (tertiary/aromatic N) is 2. The summed E-state index contributed by atoms with van der Waals surface area (Å²) in [6.07, 6.45) is 1.42. The number of sulfone groups is 2. The number of nitro benzene ring substituents is 1. The number of nitro groups is 1. The van der Waals surface area contributed by atoms with Gasteiger partial charge in [-0.05, 0) is 42.8 Å². The molecule has 0 heterocycles. The average Bonchev–Trinajstić information content (AvgIpc) is 2.69. The summed E-state index contributed by atoms with van der Waals surface area (Å²) in [6.45, 7) is 0.366. The molecule has 0 unspecified atom stereocenters. The van der Waals surface area contributed by atoms with Crippen LogP contribution in [0, 0.1) is 10.1 Å². The van der Waals surface area contributed by atoms with Crippen LogP contribution in [0.4, 0.5) is 24.5 Å². The molecule has 0 aromatic heterocycles. The Morgan fingerprint density at radius 1 is 1.03 bits per heavy atom. The van der Waals surface area contributed by atoms with E-state index in [1.165, 1.54) is 36.2 Å². The van der Waals surface area contributed by atoms with E-state index in [9.17, 15) is 40.1 Å². The zero-order valence-corrected chi connectivity index (χ0v) is 18.5. The molecule has 0 N–H and O–H groups in total. The predicted molar refractivity (Wildman–Crippen MR) is 109 cm³/mol. The molecule has 0 fully saturated rings. The molecule has 0 spiro atoms. The lowest BCUT2D eigenvalue weighted by Crippen LogP contribution is -2.24. The third kappa shape index (κ3) is 5.88. The van der Waals surface area contributed by atoms with E-state index >= 15 is 0 Å². The van der Waals surface area contributed by atoms with Crippen LogP contribution >= 0.6 is 0 Å². The van der Waals surface area contributed by atoms with Crippen LogP contribution in [0.5, 0.6) is 5.75 Å². The Bertz CT molecular complexity index is 1200. The van der Waals surface area contributed by atoms with Gasteiger partial charge in [-0.15, -0.1) is 0 Å². The van der Waals surface area contributed by atoms with E-state index in [0.29, 0.717) is 24.3 Å². The Balaban J connectivity index is 2.06. The molecule has 9 nitrogen and oxygen atoms in total. The molecule has 0 atom stereocenters. The molecule has 0 aliphatic carbocycles. The molecule has 0 bridgehead atoms. The lowest BCUT2D eigenvalue weighted by atomic mass is 10.2. The fourth-order valence-electron chi connectivity index (χ4n) is 2.67. The molecular formula is C18H19F3N2O7S2. The third-order valence-corrected chi connectivity index (χ3v) is 6.94.